The molecule has 0 unspecified atom stereocenters. The number of hydrogen-bond donors (Lipinski definition) is 0. The fourth-order valence-corrected chi connectivity index (χ4v) is 5.20. The lowest BCUT2D eigenvalue weighted by atomic mass is 10.2. The molecule has 3 aromatic rings. The van der Waals surface area contributed by atoms with Crippen molar-refractivity contribution in [2.45, 2.75) is 12.3 Å². The molecule has 1 aliphatic heterocycles. The minimum atomic E-state index is 0.207. The van der Waals surface area contributed by atoms with Crippen LogP contribution in [0.2, 0.25) is 0 Å². The molecule has 1 amide bonds. The Balaban J connectivity index is 1.19. The predicted molar refractivity (Wildman–Crippen MR) is 127 cm³/mol. The highest BCUT2D eigenvalue weighted by atomic mass is 32.2. The van der Waals surface area contributed by atoms with Gasteiger partial charge in [-0.25, -0.2) is 4.98 Å². The van der Waals surface area contributed by atoms with Gasteiger partial charge < -0.3 is 4.90 Å². The maximum atomic E-state index is 12.5. The van der Waals surface area contributed by atoms with Crippen LogP contribution in [0.1, 0.15) is 16.8 Å². The number of thiazole rings is 1. The van der Waals surface area contributed by atoms with Gasteiger partial charge >= 0.3 is 0 Å². The van der Waals surface area contributed by atoms with Gasteiger partial charge in [-0.15, -0.1) is 23.1 Å². The SMILES string of the molecule is N#Cc1ccc(CSCC(=O)N2CCN(Cc3csc(-c4ccccc4)n3)CC2)cc1. The van der Waals surface area contributed by atoms with Gasteiger partial charge in [-0.1, -0.05) is 42.5 Å². The van der Waals surface area contributed by atoms with Crippen LogP contribution in [0.25, 0.3) is 10.6 Å². The van der Waals surface area contributed by atoms with Crippen molar-refractivity contribution in [3.8, 4) is 16.6 Å². The van der Waals surface area contributed by atoms with Crippen LogP contribution >= 0.6 is 23.1 Å². The standard InChI is InChI=1S/C24H24N4OS2/c25-14-19-6-8-20(9-7-19)16-30-18-23(29)28-12-10-27(11-13-28)15-22-17-31-24(26-22)21-4-2-1-3-5-21/h1-9,17H,10-13,15-16,18H2. The monoisotopic (exact) mass is 448 g/mol. The van der Waals surface area contributed by atoms with E-state index in [0.29, 0.717) is 11.3 Å². The Morgan fingerprint density at radius 2 is 1.81 bits per heavy atom. The van der Waals surface area contributed by atoms with Gasteiger partial charge in [-0.05, 0) is 17.7 Å². The average molecular weight is 449 g/mol. The zero-order valence-corrected chi connectivity index (χ0v) is 18.9. The quantitative estimate of drug-likeness (QED) is 0.541. The number of aromatic nitrogens is 1. The summed E-state index contributed by atoms with van der Waals surface area (Å²) in [4.78, 5) is 21.7. The van der Waals surface area contributed by atoms with E-state index in [1.807, 2.05) is 47.4 Å². The Hall–Kier alpha value is -2.66. The molecule has 2 aromatic carbocycles. The lowest BCUT2D eigenvalue weighted by Gasteiger charge is -2.34. The average Bonchev–Trinajstić information content (AvgIpc) is 3.29. The van der Waals surface area contributed by atoms with E-state index in [4.69, 9.17) is 10.2 Å². The van der Waals surface area contributed by atoms with Gasteiger partial charge in [0.25, 0.3) is 0 Å². The molecule has 1 aliphatic rings. The third-order valence-electron chi connectivity index (χ3n) is 5.26. The number of thioether (sulfide) groups is 1. The highest BCUT2D eigenvalue weighted by Gasteiger charge is 2.21. The van der Waals surface area contributed by atoms with Crippen LogP contribution in [-0.4, -0.2) is 52.6 Å². The Morgan fingerprint density at radius 3 is 2.52 bits per heavy atom. The molecule has 2 heterocycles. The summed E-state index contributed by atoms with van der Waals surface area (Å²) in [5.41, 5.74) is 4.06. The first-order chi connectivity index (χ1) is 15.2. The Labute approximate surface area is 191 Å². The Bertz CT molecular complexity index is 1040. The summed E-state index contributed by atoms with van der Waals surface area (Å²) in [7, 11) is 0. The van der Waals surface area contributed by atoms with Crippen molar-refractivity contribution in [3.05, 3.63) is 76.8 Å². The van der Waals surface area contributed by atoms with E-state index >= 15 is 0 Å². The number of nitriles is 1. The molecule has 31 heavy (non-hydrogen) atoms. The molecule has 4 rings (SSSR count). The van der Waals surface area contributed by atoms with Gasteiger partial charge in [0.05, 0.1) is 23.1 Å². The van der Waals surface area contributed by atoms with E-state index < -0.39 is 0 Å². The molecule has 1 fully saturated rings. The zero-order chi connectivity index (χ0) is 21.5. The van der Waals surface area contributed by atoms with E-state index in [1.165, 1.54) is 0 Å². The van der Waals surface area contributed by atoms with Gasteiger partial charge in [0.2, 0.25) is 5.91 Å². The van der Waals surface area contributed by atoms with Crippen LogP contribution in [0, 0.1) is 11.3 Å². The van der Waals surface area contributed by atoms with Crippen molar-refractivity contribution in [3.63, 3.8) is 0 Å². The second kappa shape index (κ2) is 10.6. The van der Waals surface area contributed by atoms with E-state index in [-0.39, 0.29) is 5.91 Å². The third kappa shape index (κ3) is 5.95. The minimum Gasteiger partial charge on any atom is -0.339 e. The number of rotatable bonds is 7. The smallest absolute Gasteiger partial charge is 0.232 e. The van der Waals surface area contributed by atoms with Gasteiger partial charge in [0, 0.05) is 49.4 Å². The largest absolute Gasteiger partial charge is 0.339 e. The maximum Gasteiger partial charge on any atom is 0.232 e. The molecule has 0 spiro atoms. The van der Waals surface area contributed by atoms with Gasteiger partial charge in [-0.2, -0.15) is 5.26 Å². The fourth-order valence-electron chi connectivity index (χ4n) is 3.50. The number of carbonyl (C=O) groups is 1. The number of benzene rings is 2. The third-order valence-corrected chi connectivity index (χ3v) is 7.19. The summed E-state index contributed by atoms with van der Waals surface area (Å²) in [5, 5.41) is 12.1. The summed E-state index contributed by atoms with van der Waals surface area (Å²) in [5.74, 6) is 1.48. The Kier molecular flexibility index (Phi) is 7.36. The summed E-state index contributed by atoms with van der Waals surface area (Å²) >= 11 is 3.31. The maximum absolute atomic E-state index is 12.5. The summed E-state index contributed by atoms with van der Waals surface area (Å²) < 4.78 is 0. The highest BCUT2D eigenvalue weighted by Crippen LogP contribution is 2.24. The fraction of sp³-hybridized carbons (Fsp3) is 0.292. The second-order valence-corrected chi connectivity index (χ2v) is 9.31. The number of carbonyl (C=O) groups excluding carboxylic acids is 1. The first-order valence-electron chi connectivity index (χ1n) is 10.3. The molecule has 1 saturated heterocycles. The van der Waals surface area contributed by atoms with Crippen molar-refractivity contribution in [1.29, 1.82) is 5.26 Å². The number of nitrogens with zero attached hydrogens (tertiary/aromatic N) is 4. The van der Waals surface area contributed by atoms with Crippen molar-refractivity contribution in [2.24, 2.45) is 0 Å². The number of amides is 1. The molecule has 0 saturated carbocycles. The molecular formula is C24H24N4OS2. The Morgan fingerprint density at radius 1 is 1.06 bits per heavy atom. The highest BCUT2D eigenvalue weighted by molar-refractivity contribution is 7.99. The molecule has 1 aromatic heterocycles. The second-order valence-electron chi connectivity index (χ2n) is 7.47. The van der Waals surface area contributed by atoms with Crippen LogP contribution in [0.5, 0.6) is 0 Å². The summed E-state index contributed by atoms with van der Waals surface area (Å²) in [6, 6.07) is 19.9. The minimum absolute atomic E-state index is 0.207. The summed E-state index contributed by atoms with van der Waals surface area (Å²) in [6.07, 6.45) is 0. The molecule has 0 N–H and O–H groups in total. The first kappa shape index (κ1) is 21.6. The number of hydrogen-bond acceptors (Lipinski definition) is 6. The van der Waals surface area contributed by atoms with Gasteiger partial charge in [0.15, 0.2) is 0 Å². The zero-order valence-electron chi connectivity index (χ0n) is 17.2. The van der Waals surface area contributed by atoms with Crippen LogP contribution in [-0.2, 0) is 17.1 Å². The topological polar surface area (TPSA) is 60.2 Å². The molecule has 7 heteroatoms. The van der Waals surface area contributed by atoms with E-state index in [2.05, 4.69) is 28.5 Å². The first-order valence-corrected chi connectivity index (χ1v) is 12.3. The summed E-state index contributed by atoms with van der Waals surface area (Å²) in [6.45, 7) is 4.13. The molecular weight excluding hydrogens is 424 g/mol. The van der Waals surface area contributed by atoms with Crippen LogP contribution < -0.4 is 0 Å². The molecule has 0 bridgehead atoms. The van der Waals surface area contributed by atoms with Crippen molar-refractivity contribution in [2.75, 3.05) is 31.9 Å². The number of piperazine rings is 1. The van der Waals surface area contributed by atoms with E-state index in [1.54, 1.807) is 23.1 Å². The molecule has 0 aliphatic carbocycles. The van der Waals surface area contributed by atoms with Crippen LogP contribution in [0.4, 0.5) is 0 Å². The lowest BCUT2D eigenvalue weighted by Crippen LogP contribution is -2.48. The van der Waals surface area contributed by atoms with Crippen LogP contribution in [0.3, 0.4) is 0 Å². The normalized spacial score (nSPS) is 14.4. The van der Waals surface area contributed by atoms with Gasteiger partial charge in [-0.3, -0.25) is 9.69 Å². The molecule has 5 nitrogen and oxygen atoms in total. The predicted octanol–water partition coefficient (Wildman–Crippen LogP) is 4.26. The van der Waals surface area contributed by atoms with E-state index in [0.717, 1.165) is 60.3 Å². The van der Waals surface area contributed by atoms with Gasteiger partial charge in [0.1, 0.15) is 5.01 Å². The van der Waals surface area contributed by atoms with Crippen LogP contribution in [0.15, 0.2) is 60.0 Å². The molecule has 0 radical (unpaired) electrons. The molecule has 0 atom stereocenters. The lowest BCUT2D eigenvalue weighted by molar-refractivity contribution is -0.130. The van der Waals surface area contributed by atoms with E-state index in [9.17, 15) is 4.79 Å². The van der Waals surface area contributed by atoms with Crippen molar-refractivity contribution in [1.82, 2.24) is 14.8 Å². The molecule has 158 valence electrons. The van der Waals surface area contributed by atoms with Crippen molar-refractivity contribution < 1.29 is 4.79 Å². The van der Waals surface area contributed by atoms with Crippen molar-refractivity contribution >= 4 is 29.0 Å².